The number of likely N-dealkylation sites (tertiary alicyclic amines) is 1. The minimum absolute atomic E-state index is 0.249. The van der Waals surface area contributed by atoms with Gasteiger partial charge in [0.05, 0.1) is 16.2 Å². The predicted molar refractivity (Wildman–Crippen MR) is 91.2 cm³/mol. The summed E-state index contributed by atoms with van der Waals surface area (Å²) in [7, 11) is 0. The second-order valence-corrected chi connectivity index (χ2v) is 6.52. The Morgan fingerprint density at radius 2 is 2.14 bits per heavy atom. The van der Waals surface area contributed by atoms with Gasteiger partial charge in [0.1, 0.15) is 0 Å². The highest BCUT2D eigenvalue weighted by atomic mass is 35.5. The summed E-state index contributed by atoms with van der Waals surface area (Å²) in [6.45, 7) is 4.15. The SMILES string of the molecule is Cc1c(Cl)c(CN2CCCCC2CCO)nc2ccccc12. The van der Waals surface area contributed by atoms with E-state index in [2.05, 4.69) is 17.9 Å². The molecule has 3 nitrogen and oxygen atoms in total. The summed E-state index contributed by atoms with van der Waals surface area (Å²) in [6.07, 6.45) is 4.46. The van der Waals surface area contributed by atoms with Crippen molar-refractivity contribution in [2.75, 3.05) is 13.2 Å². The van der Waals surface area contributed by atoms with Gasteiger partial charge in [0.25, 0.3) is 0 Å². The first-order chi connectivity index (χ1) is 10.7. The van der Waals surface area contributed by atoms with E-state index < -0.39 is 0 Å². The minimum atomic E-state index is 0.249. The molecule has 1 fully saturated rings. The number of aliphatic hydroxyl groups excluding tert-OH is 1. The van der Waals surface area contributed by atoms with Gasteiger partial charge in [-0.15, -0.1) is 0 Å². The number of hydrogen-bond donors (Lipinski definition) is 1. The van der Waals surface area contributed by atoms with Crippen LogP contribution in [0, 0.1) is 6.92 Å². The van der Waals surface area contributed by atoms with E-state index in [0.29, 0.717) is 6.04 Å². The normalized spacial score (nSPS) is 19.7. The molecule has 22 heavy (non-hydrogen) atoms. The summed E-state index contributed by atoms with van der Waals surface area (Å²) < 4.78 is 0. The highest BCUT2D eigenvalue weighted by Gasteiger charge is 2.23. The maximum absolute atomic E-state index is 9.27. The number of para-hydroxylation sites is 1. The summed E-state index contributed by atoms with van der Waals surface area (Å²) in [5.74, 6) is 0. The van der Waals surface area contributed by atoms with Crippen LogP contribution in [0.5, 0.6) is 0 Å². The Balaban J connectivity index is 1.91. The van der Waals surface area contributed by atoms with Crippen molar-refractivity contribution in [3.63, 3.8) is 0 Å². The van der Waals surface area contributed by atoms with Gasteiger partial charge in [-0.2, -0.15) is 0 Å². The number of aryl methyl sites for hydroxylation is 1. The van der Waals surface area contributed by atoms with Crippen LogP contribution >= 0.6 is 11.6 Å². The first-order valence-electron chi connectivity index (χ1n) is 8.09. The van der Waals surface area contributed by atoms with Crippen LogP contribution in [-0.2, 0) is 6.54 Å². The molecule has 1 unspecified atom stereocenters. The van der Waals surface area contributed by atoms with Gasteiger partial charge in [-0.05, 0) is 44.4 Å². The molecule has 0 bridgehead atoms. The van der Waals surface area contributed by atoms with E-state index in [-0.39, 0.29) is 6.61 Å². The third-order valence-electron chi connectivity index (χ3n) is 4.71. The van der Waals surface area contributed by atoms with Gasteiger partial charge in [0.15, 0.2) is 0 Å². The van der Waals surface area contributed by atoms with Crippen LogP contribution in [0.25, 0.3) is 10.9 Å². The molecule has 0 amide bonds. The average Bonchev–Trinajstić information content (AvgIpc) is 2.54. The number of nitrogens with zero attached hydrogens (tertiary/aromatic N) is 2. The Bertz CT molecular complexity index is 657. The number of halogens is 1. The molecule has 0 spiro atoms. The highest BCUT2D eigenvalue weighted by molar-refractivity contribution is 6.32. The molecule has 2 heterocycles. The number of aliphatic hydroxyl groups is 1. The van der Waals surface area contributed by atoms with Crippen molar-refractivity contribution in [1.82, 2.24) is 9.88 Å². The number of benzene rings is 1. The zero-order chi connectivity index (χ0) is 15.5. The fourth-order valence-electron chi connectivity index (χ4n) is 3.46. The second-order valence-electron chi connectivity index (χ2n) is 6.15. The maximum Gasteiger partial charge on any atom is 0.0740 e. The van der Waals surface area contributed by atoms with Crippen molar-refractivity contribution < 1.29 is 5.11 Å². The number of hydrogen-bond acceptors (Lipinski definition) is 3. The number of aromatic nitrogens is 1. The Labute approximate surface area is 136 Å². The molecule has 1 N–H and O–H groups in total. The predicted octanol–water partition coefficient (Wildman–Crippen LogP) is 3.93. The van der Waals surface area contributed by atoms with E-state index in [4.69, 9.17) is 16.6 Å². The van der Waals surface area contributed by atoms with Crippen LogP contribution in [0.4, 0.5) is 0 Å². The molecule has 1 saturated heterocycles. The molecule has 1 aliphatic rings. The zero-order valence-corrected chi connectivity index (χ0v) is 13.8. The summed E-state index contributed by atoms with van der Waals surface area (Å²) in [6, 6.07) is 8.60. The number of pyridine rings is 1. The molecule has 0 aliphatic carbocycles. The molecule has 0 saturated carbocycles. The van der Waals surface area contributed by atoms with E-state index >= 15 is 0 Å². The average molecular weight is 319 g/mol. The van der Waals surface area contributed by atoms with Crippen molar-refractivity contribution in [1.29, 1.82) is 0 Å². The van der Waals surface area contributed by atoms with Crippen molar-refractivity contribution in [2.24, 2.45) is 0 Å². The van der Waals surface area contributed by atoms with Gasteiger partial charge in [0, 0.05) is 24.6 Å². The van der Waals surface area contributed by atoms with Gasteiger partial charge in [-0.25, -0.2) is 4.98 Å². The van der Waals surface area contributed by atoms with Crippen molar-refractivity contribution in [3.05, 3.63) is 40.5 Å². The Kier molecular flexibility index (Phi) is 4.97. The topological polar surface area (TPSA) is 36.4 Å². The van der Waals surface area contributed by atoms with Crippen LogP contribution in [0.3, 0.4) is 0 Å². The smallest absolute Gasteiger partial charge is 0.0740 e. The lowest BCUT2D eigenvalue weighted by atomic mass is 9.99. The molecule has 4 heteroatoms. The van der Waals surface area contributed by atoms with E-state index in [1.165, 1.54) is 12.8 Å². The van der Waals surface area contributed by atoms with E-state index in [1.54, 1.807) is 0 Å². The number of rotatable bonds is 4. The minimum Gasteiger partial charge on any atom is -0.396 e. The van der Waals surface area contributed by atoms with Crippen molar-refractivity contribution in [3.8, 4) is 0 Å². The lowest BCUT2D eigenvalue weighted by molar-refractivity contribution is 0.111. The first kappa shape index (κ1) is 15.7. The van der Waals surface area contributed by atoms with Crippen molar-refractivity contribution >= 4 is 22.5 Å². The fraction of sp³-hybridized carbons (Fsp3) is 0.500. The summed E-state index contributed by atoms with van der Waals surface area (Å²) in [5.41, 5.74) is 3.08. The molecular weight excluding hydrogens is 296 g/mol. The van der Waals surface area contributed by atoms with Gasteiger partial charge < -0.3 is 5.11 Å². The van der Waals surface area contributed by atoms with E-state index in [1.807, 2.05) is 18.2 Å². The molecule has 0 radical (unpaired) electrons. The molecule has 118 valence electrons. The molecule has 1 atom stereocenters. The first-order valence-corrected chi connectivity index (χ1v) is 8.47. The second kappa shape index (κ2) is 6.95. The van der Waals surface area contributed by atoms with E-state index in [0.717, 1.165) is 53.1 Å². The third kappa shape index (κ3) is 3.12. The van der Waals surface area contributed by atoms with Crippen LogP contribution in [0.2, 0.25) is 5.02 Å². The van der Waals surface area contributed by atoms with Crippen LogP contribution in [0.15, 0.2) is 24.3 Å². The van der Waals surface area contributed by atoms with Crippen LogP contribution in [0.1, 0.15) is 36.9 Å². The van der Waals surface area contributed by atoms with Gasteiger partial charge in [-0.3, -0.25) is 4.90 Å². The summed E-state index contributed by atoms with van der Waals surface area (Å²) in [5, 5.41) is 11.2. The number of fused-ring (bicyclic) bond motifs is 1. The third-order valence-corrected chi connectivity index (χ3v) is 5.21. The largest absolute Gasteiger partial charge is 0.396 e. The molecule has 2 aromatic rings. The Morgan fingerprint density at radius 1 is 1.32 bits per heavy atom. The Hall–Kier alpha value is -1.16. The van der Waals surface area contributed by atoms with E-state index in [9.17, 15) is 5.11 Å². The highest BCUT2D eigenvalue weighted by Crippen LogP contribution is 2.29. The number of piperidine rings is 1. The van der Waals surface area contributed by atoms with Crippen molar-refractivity contribution in [2.45, 2.75) is 45.2 Å². The summed E-state index contributed by atoms with van der Waals surface area (Å²) in [4.78, 5) is 7.22. The molecule has 1 aromatic heterocycles. The molecule has 3 rings (SSSR count). The zero-order valence-electron chi connectivity index (χ0n) is 13.1. The fourth-order valence-corrected chi connectivity index (χ4v) is 3.66. The van der Waals surface area contributed by atoms with Crippen LogP contribution in [-0.4, -0.2) is 34.2 Å². The maximum atomic E-state index is 9.27. The standard InChI is InChI=1S/C18H23ClN2O/c1-13-15-7-2-3-8-16(15)20-17(18(13)19)12-21-10-5-4-6-14(21)9-11-22/h2-3,7-8,14,22H,4-6,9-12H2,1H3. The van der Waals surface area contributed by atoms with Gasteiger partial charge in [0.2, 0.25) is 0 Å². The molecule has 1 aliphatic heterocycles. The van der Waals surface area contributed by atoms with Gasteiger partial charge >= 0.3 is 0 Å². The Morgan fingerprint density at radius 3 is 2.95 bits per heavy atom. The summed E-state index contributed by atoms with van der Waals surface area (Å²) >= 11 is 6.58. The molecule has 1 aromatic carbocycles. The van der Waals surface area contributed by atoms with Crippen LogP contribution < -0.4 is 0 Å². The monoisotopic (exact) mass is 318 g/mol. The lowest BCUT2D eigenvalue weighted by Crippen LogP contribution is -2.39. The van der Waals surface area contributed by atoms with Gasteiger partial charge in [-0.1, -0.05) is 36.2 Å². The molecular formula is C18H23ClN2O. The quantitative estimate of drug-likeness (QED) is 0.927. The lowest BCUT2D eigenvalue weighted by Gasteiger charge is -2.35.